The molecule has 1 atom stereocenters. The van der Waals surface area contributed by atoms with Gasteiger partial charge < -0.3 is 10.2 Å². The molecule has 1 unspecified atom stereocenters. The molecular weight excluding hydrogens is 497 g/mol. The summed E-state index contributed by atoms with van der Waals surface area (Å²) in [6.07, 6.45) is 1.44. The number of carbonyl (C=O) groups is 2. The van der Waals surface area contributed by atoms with E-state index in [1.807, 2.05) is 30.3 Å². The second kappa shape index (κ2) is 11.2. The Bertz CT molecular complexity index is 1080. The summed E-state index contributed by atoms with van der Waals surface area (Å²) in [7, 11) is -2.45. The van der Waals surface area contributed by atoms with E-state index in [1.165, 1.54) is 24.1 Å². The van der Waals surface area contributed by atoms with E-state index in [2.05, 4.69) is 5.32 Å². The van der Waals surface area contributed by atoms with Crippen LogP contribution in [0.5, 0.6) is 0 Å². The van der Waals surface area contributed by atoms with Crippen LogP contribution in [0.25, 0.3) is 0 Å². The molecule has 11 heteroatoms. The monoisotopic (exact) mass is 519 g/mol. The van der Waals surface area contributed by atoms with Crippen LogP contribution in [-0.2, 0) is 26.0 Å². The smallest absolute Gasteiger partial charge is 0.244 e. The molecule has 2 aromatic carbocycles. The van der Waals surface area contributed by atoms with E-state index in [9.17, 15) is 18.0 Å². The third-order valence-corrected chi connectivity index (χ3v) is 6.99. The highest BCUT2D eigenvalue weighted by molar-refractivity contribution is 7.92. The Morgan fingerprint density at radius 3 is 2.19 bits per heavy atom. The maximum Gasteiger partial charge on any atom is 0.244 e. The number of hydrogen-bond acceptors (Lipinski definition) is 4. The van der Waals surface area contributed by atoms with Crippen LogP contribution in [0.15, 0.2) is 42.5 Å². The Labute approximate surface area is 203 Å². The third kappa shape index (κ3) is 6.75. The molecule has 0 aliphatic heterocycles. The number of sulfonamides is 1. The molecule has 0 aliphatic rings. The molecule has 32 heavy (non-hydrogen) atoms. The van der Waals surface area contributed by atoms with Crippen molar-refractivity contribution in [3.63, 3.8) is 0 Å². The number of rotatable bonds is 9. The van der Waals surface area contributed by atoms with Gasteiger partial charge in [-0.1, -0.05) is 65.1 Å². The van der Waals surface area contributed by atoms with Crippen LogP contribution in [0.4, 0.5) is 5.69 Å². The largest absolute Gasteiger partial charge is 0.357 e. The first-order chi connectivity index (χ1) is 15.0. The van der Waals surface area contributed by atoms with Crippen LogP contribution in [0.3, 0.4) is 0 Å². The summed E-state index contributed by atoms with van der Waals surface area (Å²) in [5.41, 5.74) is 0.995. The lowest BCUT2D eigenvalue weighted by Crippen LogP contribution is -2.51. The molecule has 174 valence electrons. The number of likely N-dealkylation sites (N-methyl/N-ethyl adjacent to an activating group) is 1. The van der Waals surface area contributed by atoms with Crippen molar-refractivity contribution in [2.75, 3.05) is 30.7 Å². The highest BCUT2D eigenvalue weighted by Crippen LogP contribution is 2.35. The lowest BCUT2D eigenvalue weighted by atomic mass is 10.1. The van der Waals surface area contributed by atoms with E-state index < -0.39 is 28.5 Å². The number of nitrogens with one attached hydrogen (secondary N) is 1. The SMILES string of the molecule is CNC(=O)C(C)N(CCc1ccccc1)C(=O)CN(c1cc(Cl)c(Cl)cc1Cl)S(C)(=O)=O. The molecule has 2 amide bonds. The molecule has 0 aromatic heterocycles. The minimum Gasteiger partial charge on any atom is -0.357 e. The van der Waals surface area contributed by atoms with Gasteiger partial charge in [-0.25, -0.2) is 8.42 Å². The average molecular weight is 521 g/mol. The Morgan fingerprint density at radius 1 is 1.03 bits per heavy atom. The van der Waals surface area contributed by atoms with Crippen LogP contribution < -0.4 is 9.62 Å². The molecule has 0 saturated carbocycles. The van der Waals surface area contributed by atoms with Gasteiger partial charge in [-0.05, 0) is 31.0 Å². The second-order valence-corrected chi connectivity index (χ2v) is 10.2. The number of nitrogens with zero attached hydrogens (tertiary/aromatic N) is 2. The van der Waals surface area contributed by atoms with Gasteiger partial charge in [0.1, 0.15) is 12.6 Å². The van der Waals surface area contributed by atoms with Gasteiger partial charge >= 0.3 is 0 Å². The summed E-state index contributed by atoms with van der Waals surface area (Å²) in [5.74, 6) is -0.936. The molecular formula is C21H24Cl3N3O4S. The zero-order valence-corrected chi connectivity index (χ0v) is 20.9. The molecule has 0 aliphatic carbocycles. The fraction of sp³-hybridized carbons (Fsp3) is 0.333. The third-order valence-electron chi connectivity index (χ3n) is 4.84. The van der Waals surface area contributed by atoms with Crippen LogP contribution in [0, 0.1) is 0 Å². The number of amides is 2. The molecule has 2 rings (SSSR count). The van der Waals surface area contributed by atoms with Crippen molar-refractivity contribution in [2.24, 2.45) is 0 Å². The van der Waals surface area contributed by atoms with E-state index in [0.29, 0.717) is 6.42 Å². The van der Waals surface area contributed by atoms with Gasteiger partial charge in [-0.15, -0.1) is 0 Å². The van der Waals surface area contributed by atoms with E-state index >= 15 is 0 Å². The first-order valence-electron chi connectivity index (χ1n) is 9.63. The molecule has 0 heterocycles. The fourth-order valence-electron chi connectivity index (χ4n) is 3.08. The molecule has 0 radical (unpaired) electrons. The second-order valence-electron chi connectivity index (χ2n) is 7.10. The molecule has 0 spiro atoms. The van der Waals surface area contributed by atoms with Crippen LogP contribution in [0.2, 0.25) is 15.1 Å². The Morgan fingerprint density at radius 2 is 1.62 bits per heavy atom. The quantitative estimate of drug-likeness (QED) is 0.512. The zero-order valence-electron chi connectivity index (χ0n) is 17.8. The predicted octanol–water partition coefficient (Wildman–Crippen LogP) is 3.62. The van der Waals surface area contributed by atoms with Gasteiger partial charge in [0.2, 0.25) is 21.8 Å². The highest BCUT2D eigenvalue weighted by Gasteiger charge is 2.30. The van der Waals surface area contributed by atoms with Crippen molar-refractivity contribution in [1.29, 1.82) is 0 Å². The fourth-order valence-corrected chi connectivity index (χ4v) is 4.62. The molecule has 0 saturated heterocycles. The van der Waals surface area contributed by atoms with Gasteiger partial charge in [-0.2, -0.15) is 0 Å². The van der Waals surface area contributed by atoms with Gasteiger partial charge in [0.25, 0.3) is 0 Å². The first-order valence-corrected chi connectivity index (χ1v) is 12.6. The van der Waals surface area contributed by atoms with Gasteiger partial charge in [-0.3, -0.25) is 13.9 Å². The van der Waals surface area contributed by atoms with Crippen LogP contribution >= 0.6 is 34.8 Å². The lowest BCUT2D eigenvalue weighted by molar-refractivity contribution is -0.138. The molecule has 7 nitrogen and oxygen atoms in total. The first kappa shape index (κ1) is 26.3. The number of benzene rings is 2. The van der Waals surface area contributed by atoms with Crippen molar-refractivity contribution in [2.45, 2.75) is 19.4 Å². The van der Waals surface area contributed by atoms with Gasteiger partial charge in [0.15, 0.2) is 0 Å². The normalized spacial score (nSPS) is 12.2. The average Bonchev–Trinajstić information content (AvgIpc) is 2.74. The molecule has 0 fully saturated rings. The Balaban J connectivity index is 2.37. The number of carbonyl (C=O) groups excluding carboxylic acids is 2. The van der Waals surface area contributed by atoms with Gasteiger partial charge in [0.05, 0.1) is 27.0 Å². The number of hydrogen-bond donors (Lipinski definition) is 1. The predicted molar refractivity (Wildman–Crippen MR) is 129 cm³/mol. The van der Waals surface area contributed by atoms with Crippen LogP contribution in [-0.4, -0.2) is 57.6 Å². The van der Waals surface area contributed by atoms with E-state index in [0.717, 1.165) is 16.1 Å². The highest BCUT2D eigenvalue weighted by atomic mass is 35.5. The van der Waals surface area contributed by atoms with Crippen molar-refractivity contribution >= 4 is 62.3 Å². The molecule has 2 aromatic rings. The Kier molecular flexibility index (Phi) is 9.21. The number of halogens is 3. The van der Waals surface area contributed by atoms with E-state index in [1.54, 1.807) is 6.92 Å². The maximum absolute atomic E-state index is 13.3. The zero-order chi connectivity index (χ0) is 24.1. The van der Waals surface area contributed by atoms with Crippen molar-refractivity contribution in [3.8, 4) is 0 Å². The standard InChI is InChI=1S/C21H24Cl3N3O4S/c1-14(21(29)25-2)26(10-9-15-7-5-4-6-8-15)20(28)13-27(32(3,30)31)19-12-17(23)16(22)11-18(19)24/h4-8,11-12,14H,9-10,13H2,1-3H3,(H,25,29). The minimum atomic E-state index is -3.92. The lowest BCUT2D eigenvalue weighted by Gasteiger charge is -2.31. The summed E-state index contributed by atoms with van der Waals surface area (Å²) in [6, 6.07) is 11.2. The summed E-state index contributed by atoms with van der Waals surface area (Å²) >= 11 is 18.2. The number of anilines is 1. The summed E-state index contributed by atoms with van der Waals surface area (Å²) < 4.78 is 25.9. The topological polar surface area (TPSA) is 86.8 Å². The van der Waals surface area contributed by atoms with Crippen molar-refractivity contribution in [1.82, 2.24) is 10.2 Å². The minimum absolute atomic E-state index is 0.0209. The summed E-state index contributed by atoms with van der Waals surface area (Å²) in [4.78, 5) is 26.9. The molecule has 1 N–H and O–H groups in total. The Hall–Kier alpha value is -2.00. The summed E-state index contributed by atoms with van der Waals surface area (Å²) in [5, 5.41) is 2.78. The maximum atomic E-state index is 13.3. The van der Waals surface area contributed by atoms with Crippen LogP contribution in [0.1, 0.15) is 12.5 Å². The van der Waals surface area contributed by atoms with E-state index in [4.69, 9.17) is 34.8 Å². The van der Waals surface area contributed by atoms with E-state index in [-0.39, 0.29) is 33.2 Å². The van der Waals surface area contributed by atoms with Gasteiger partial charge in [0, 0.05) is 13.6 Å². The van der Waals surface area contributed by atoms with Crippen molar-refractivity contribution in [3.05, 3.63) is 63.1 Å². The molecule has 0 bridgehead atoms. The summed E-state index contributed by atoms with van der Waals surface area (Å²) in [6.45, 7) is 1.23. The van der Waals surface area contributed by atoms with Crippen molar-refractivity contribution < 1.29 is 18.0 Å².